The first kappa shape index (κ1) is 16.7. The second kappa shape index (κ2) is 7.08. The number of hydrogen-bond donors (Lipinski definition) is 2. The molecule has 0 radical (unpaired) electrons. The lowest BCUT2D eigenvalue weighted by Gasteiger charge is -2.07. The molecule has 0 atom stereocenters. The van der Waals surface area contributed by atoms with Crippen molar-refractivity contribution in [3.8, 4) is 0 Å². The van der Waals surface area contributed by atoms with Crippen LogP contribution in [0.1, 0.15) is 20.7 Å². The highest BCUT2D eigenvalue weighted by atomic mass is 35.5. The number of nitro benzene ring substituents is 1. The van der Waals surface area contributed by atoms with Crippen LogP contribution in [0.25, 0.3) is 0 Å². The number of hydrazine groups is 1. The van der Waals surface area contributed by atoms with Crippen LogP contribution in [0.15, 0.2) is 42.5 Å². The zero-order valence-corrected chi connectivity index (χ0v) is 12.9. The molecule has 0 bridgehead atoms. The molecule has 0 saturated heterocycles. The number of carbonyl (C=O) groups is 2. The van der Waals surface area contributed by atoms with E-state index in [0.717, 1.165) is 6.07 Å². The van der Waals surface area contributed by atoms with Gasteiger partial charge in [-0.2, -0.15) is 0 Å². The fourth-order valence-corrected chi connectivity index (χ4v) is 1.97. The fourth-order valence-electron chi connectivity index (χ4n) is 1.65. The molecule has 2 N–H and O–H groups in total. The molecule has 118 valence electrons. The second-order valence-corrected chi connectivity index (χ2v) is 5.18. The van der Waals surface area contributed by atoms with Crippen LogP contribution in [0.5, 0.6) is 0 Å². The number of halogens is 2. The van der Waals surface area contributed by atoms with Gasteiger partial charge in [-0.1, -0.05) is 23.2 Å². The molecule has 2 aromatic rings. The van der Waals surface area contributed by atoms with Crippen molar-refractivity contribution in [2.24, 2.45) is 0 Å². The highest BCUT2D eigenvalue weighted by molar-refractivity contribution is 6.32. The first-order chi connectivity index (χ1) is 10.9. The van der Waals surface area contributed by atoms with E-state index in [9.17, 15) is 19.7 Å². The van der Waals surface area contributed by atoms with Crippen LogP contribution in [0, 0.1) is 10.1 Å². The van der Waals surface area contributed by atoms with E-state index >= 15 is 0 Å². The molecule has 0 unspecified atom stereocenters. The Hall–Kier alpha value is -2.64. The number of amides is 2. The standard InChI is InChI=1S/C14H9Cl2N3O4/c15-10-4-1-8(2-5-10)13(20)17-18-14(21)9-3-6-11(16)12(7-9)19(22)23/h1-7H,(H,17,20)(H,18,21). The molecule has 7 nitrogen and oxygen atoms in total. The number of rotatable bonds is 3. The number of nitrogens with zero attached hydrogens (tertiary/aromatic N) is 1. The Balaban J connectivity index is 2.05. The monoisotopic (exact) mass is 353 g/mol. The minimum Gasteiger partial charge on any atom is -0.267 e. The minimum absolute atomic E-state index is 0.0162. The normalized spacial score (nSPS) is 10.0. The van der Waals surface area contributed by atoms with Crippen LogP contribution in [0.4, 0.5) is 5.69 Å². The van der Waals surface area contributed by atoms with Crippen LogP contribution in [-0.4, -0.2) is 16.7 Å². The van der Waals surface area contributed by atoms with Gasteiger partial charge in [0.25, 0.3) is 17.5 Å². The summed E-state index contributed by atoms with van der Waals surface area (Å²) in [5.74, 6) is -1.27. The van der Waals surface area contributed by atoms with Crippen molar-refractivity contribution in [2.75, 3.05) is 0 Å². The lowest BCUT2D eigenvalue weighted by molar-refractivity contribution is -0.384. The first-order valence-electron chi connectivity index (χ1n) is 6.18. The van der Waals surface area contributed by atoms with Crippen LogP contribution in [0.3, 0.4) is 0 Å². The lowest BCUT2D eigenvalue weighted by atomic mass is 10.2. The molecule has 2 amide bonds. The maximum atomic E-state index is 11.9. The Labute approximate surface area is 140 Å². The van der Waals surface area contributed by atoms with Gasteiger partial charge in [0.1, 0.15) is 5.02 Å². The van der Waals surface area contributed by atoms with Crippen LogP contribution < -0.4 is 10.9 Å². The molecular formula is C14H9Cl2N3O4. The third kappa shape index (κ3) is 4.18. The third-order valence-electron chi connectivity index (χ3n) is 2.80. The number of nitro groups is 1. The maximum Gasteiger partial charge on any atom is 0.288 e. The van der Waals surface area contributed by atoms with Gasteiger partial charge < -0.3 is 0 Å². The van der Waals surface area contributed by atoms with E-state index in [1.54, 1.807) is 0 Å². The van der Waals surface area contributed by atoms with Crippen molar-refractivity contribution in [1.29, 1.82) is 0 Å². The Morgan fingerprint density at radius 1 is 0.913 bits per heavy atom. The Kier molecular flexibility index (Phi) is 5.15. The largest absolute Gasteiger partial charge is 0.288 e. The molecule has 23 heavy (non-hydrogen) atoms. The van der Waals surface area contributed by atoms with E-state index in [1.807, 2.05) is 0 Å². The summed E-state index contributed by atoms with van der Waals surface area (Å²) in [6.45, 7) is 0. The van der Waals surface area contributed by atoms with E-state index in [1.165, 1.54) is 36.4 Å². The summed E-state index contributed by atoms with van der Waals surface area (Å²) in [7, 11) is 0. The van der Waals surface area contributed by atoms with E-state index in [-0.39, 0.29) is 16.1 Å². The van der Waals surface area contributed by atoms with E-state index < -0.39 is 22.4 Å². The molecular weight excluding hydrogens is 345 g/mol. The van der Waals surface area contributed by atoms with Gasteiger partial charge in [-0.15, -0.1) is 0 Å². The summed E-state index contributed by atoms with van der Waals surface area (Å²) in [6, 6.07) is 9.58. The van der Waals surface area contributed by atoms with Gasteiger partial charge in [0.15, 0.2) is 0 Å². The second-order valence-electron chi connectivity index (χ2n) is 4.34. The van der Waals surface area contributed by atoms with Crippen molar-refractivity contribution < 1.29 is 14.5 Å². The predicted molar refractivity (Wildman–Crippen MR) is 84.5 cm³/mol. The molecule has 0 fully saturated rings. The molecule has 9 heteroatoms. The van der Waals surface area contributed by atoms with Crippen LogP contribution in [0.2, 0.25) is 10.0 Å². The lowest BCUT2D eigenvalue weighted by Crippen LogP contribution is -2.41. The Bertz CT molecular complexity index is 778. The van der Waals surface area contributed by atoms with Gasteiger partial charge in [-0.05, 0) is 36.4 Å². The topological polar surface area (TPSA) is 101 Å². The molecule has 0 spiro atoms. The molecule has 0 aromatic heterocycles. The van der Waals surface area contributed by atoms with Gasteiger partial charge in [-0.3, -0.25) is 30.6 Å². The molecule has 2 rings (SSSR count). The van der Waals surface area contributed by atoms with Gasteiger partial charge in [0.05, 0.1) is 4.92 Å². The zero-order chi connectivity index (χ0) is 17.0. The summed E-state index contributed by atoms with van der Waals surface area (Å²) < 4.78 is 0. The summed E-state index contributed by atoms with van der Waals surface area (Å²) in [5.41, 5.74) is 4.23. The molecule has 0 saturated carbocycles. The Morgan fingerprint density at radius 3 is 2.00 bits per heavy atom. The summed E-state index contributed by atoms with van der Waals surface area (Å²) >= 11 is 11.4. The summed E-state index contributed by atoms with van der Waals surface area (Å²) in [5, 5.41) is 11.2. The molecule has 0 aliphatic carbocycles. The summed E-state index contributed by atoms with van der Waals surface area (Å²) in [6.07, 6.45) is 0. The van der Waals surface area contributed by atoms with Crippen molar-refractivity contribution >= 4 is 40.7 Å². The minimum atomic E-state index is -0.716. The van der Waals surface area contributed by atoms with Crippen LogP contribution >= 0.6 is 23.2 Å². The first-order valence-corrected chi connectivity index (χ1v) is 6.94. The highest BCUT2D eigenvalue weighted by Crippen LogP contribution is 2.24. The van der Waals surface area contributed by atoms with E-state index in [0.29, 0.717) is 5.02 Å². The molecule has 0 heterocycles. The molecule has 0 aliphatic rings. The number of carbonyl (C=O) groups excluding carboxylic acids is 2. The number of hydrogen-bond acceptors (Lipinski definition) is 4. The van der Waals surface area contributed by atoms with Crippen molar-refractivity contribution in [3.05, 3.63) is 73.8 Å². The van der Waals surface area contributed by atoms with Gasteiger partial charge >= 0.3 is 0 Å². The predicted octanol–water partition coefficient (Wildman–Crippen LogP) is 2.98. The number of nitrogens with one attached hydrogen (secondary N) is 2. The maximum absolute atomic E-state index is 11.9. The fraction of sp³-hybridized carbons (Fsp3) is 0. The van der Waals surface area contributed by atoms with Gasteiger partial charge in [-0.25, -0.2) is 0 Å². The Morgan fingerprint density at radius 2 is 1.43 bits per heavy atom. The quantitative estimate of drug-likeness (QED) is 0.654. The zero-order valence-electron chi connectivity index (χ0n) is 11.4. The van der Waals surface area contributed by atoms with Crippen LogP contribution in [-0.2, 0) is 0 Å². The SMILES string of the molecule is O=C(NNC(=O)c1ccc(Cl)c([N+](=O)[O-])c1)c1ccc(Cl)cc1. The highest BCUT2D eigenvalue weighted by Gasteiger charge is 2.16. The van der Waals surface area contributed by atoms with Crippen molar-refractivity contribution in [2.45, 2.75) is 0 Å². The van der Waals surface area contributed by atoms with Gasteiger partial charge in [0, 0.05) is 22.2 Å². The smallest absolute Gasteiger partial charge is 0.267 e. The van der Waals surface area contributed by atoms with Crippen molar-refractivity contribution in [1.82, 2.24) is 10.9 Å². The average Bonchev–Trinajstić information content (AvgIpc) is 2.53. The van der Waals surface area contributed by atoms with Gasteiger partial charge in [0.2, 0.25) is 0 Å². The number of benzene rings is 2. The molecule has 2 aromatic carbocycles. The third-order valence-corrected chi connectivity index (χ3v) is 3.37. The van der Waals surface area contributed by atoms with Crippen molar-refractivity contribution in [3.63, 3.8) is 0 Å². The summed E-state index contributed by atoms with van der Waals surface area (Å²) in [4.78, 5) is 33.8. The average molecular weight is 354 g/mol. The molecule has 0 aliphatic heterocycles. The van der Waals surface area contributed by atoms with E-state index in [4.69, 9.17) is 23.2 Å². The van der Waals surface area contributed by atoms with E-state index in [2.05, 4.69) is 10.9 Å².